The van der Waals surface area contributed by atoms with Crippen LogP contribution in [0.5, 0.6) is 17.2 Å². The third-order valence-electron chi connectivity index (χ3n) is 6.48. The molecule has 1 aliphatic heterocycles. The molecule has 0 radical (unpaired) electrons. The Balaban J connectivity index is 1.57. The molecular weight excluding hydrogens is 550 g/mol. The van der Waals surface area contributed by atoms with E-state index in [-0.39, 0.29) is 5.91 Å². The van der Waals surface area contributed by atoms with Gasteiger partial charge in [-0.15, -0.1) is 5.10 Å². The molecule has 1 amide bonds. The Kier molecular flexibility index (Phi) is 8.18. The van der Waals surface area contributed by atoms with Gasteiger partial charge in [-0.1, -0.05) is 53.7 Å². The minimum absolute atomic E-state index is 0.323. The number of methoxy groups -OCH3 is 3. The third-order valence-corrected chi connectivity index (χ3v) is 7.73. The van der Waals surface area contributed by atoms with Crippen LogP contribution < -0.4 is 24.8 Å². The number of nitrogens with one attached hydrogen (secondary N) is 2. The Bertz CT molecular complexity index is 1590. The number of halogens is 1. The van der Waals surface area contributed by atoms with Gasteiger partial charge in [0, 0.05) is 22.0 Å². The molecule has 206 valence electrons. The molecule has 1 aliphatic rings. The van der Waals surface area contributed by atoms with Crippen molar-refractivity contribution >= 4 is 40.9 Å². The molecule has 3 aromatic carbocycles. The Morgan fingerprint density at radius 1 is 1.02 bits per heavy atom. The normalized spacial score (nSPS) is 14.3. The van der Waals surface area contributed by atoms with Gasteiger partial charge < -0.3 is 24.8 Å². The zero-order valence-electron chi connectivity index (χ0n) is 22.4. The van der Waals surface area contributed by atoms with E-state index >= 15 is 0 Å². The first-order valence-electron chi connectivity index (χ1n) is 12.4. The smallest absolute Gasteiger partial charge is 0.255 e. The number of nitrogens with zero attached hydrogens (tertiary/aromatic N) is 3. The van der Waals surface area contributed by atoms with Crippen molar-refractivity contribution in [2.24, 2.45) is 0 Å². The first kappa shape index (κ1) is 27.4. The summed E-state index contributed by atoms with van der Waals surface area (Å²) in [5.74, 6) is 2.51. The summed E-state index contributed by atoms with van der Waals surface area (Å²) in [6.45, 7) is 1.84. The van der Waals surface area contributed by atoms with E-state index in [9.17, 15) is 4.79 Å². The number of thioether (sulfide) groups is 1. The monoisotopic (exact) mass is 577 g/mol. The van der Waals surface area contributed by atoms with Crippen LogP contribution in [0.1, 0.15) is 24.1 Å². The van der Waals surface area contributed by atoms with Crippen LogP contribution >= 0.6 is 23.4 Å². The zero-order valence-corrected chi connectivity index (χ0v) is 24.0. The van der Waals surface area contributed by atoms with Crippen molar-refractivity contribution in [3.63, 3.8) is 0 Å². The molecule has 0 aliphatic carbocycles. The standard InChI is InChI=1S/C29H28ClN5O4S/c1-17-25(27(36)32-22-11-7-8-12-24(22)39-4)26(20-15-19(37-2)13-14-23(20)38-3)35-28(31-17)33-29(34-35)40-16-18-9-5-6-10-21(18)30/h5-15,26H,16H2,1-4H3,(H,32,36)(H,31,33,34). The number of carbonyl (C=O) groups excluding carboxylic acids is 1. The first-order valence-corrected chi connectivity index (χ1v) is 13.8. The first-order chi connectivity index (χ1) is 19.4. The van der Waals surface area contributed by atoms with Crippen molar-refractivity contribution in [1.29, 1.82) is 0 Å². The molecular formula is C29H28ClN5O4S. The van der Waals surface area contributed by atoms with Gasteiger partial charge >= 0.3 is 0 Å². The Morgan fingerprint density at radius 2 is 1.77 bits per heavy atom. The molecule has 0 bridgehead atoms. The van der Waals surface area contributed by atoms with Gasteiger partial charge in [-0.25, -0.2) is 4.68 Å². The van der Waals surface area contributed by atoms with Gasteiger partial charge in [0.25, 0.3) is 5.91 Å². The molecule has 40 heavy (non-hydrogen) atoms. The van der Waals surface area contributed by atoms with Crippen LogP contribution in [0.25, 0.3) is 0 Å². The molecule has 5 rings (SSSR count). The van der Waals surface area contributed by atoms with Gasteiger partial charge in [-0.3, -0.25) is 4.79 Å². The Labute approximate surface area is 241 Å². The van der Waals surface area contributed by atoms with E-state index in [0.29, 0.717) is 61.6 Å². The fourth-order valence-electron chi connectivity index (χ4n) is 4.52. The molecule has 0 spiro atoms. The predicted molar refractivity (Wildman–Crippen MR) is 157 cm³/mol. The van der Waals surface area contributed by atoms with Crippen molar-refractivity contribution < 1.29 is 19.0 Å². The second kappa shape index (κ2) is 11.9. The topological polar surface area (TPSA) is 99.5 Å². The lowest BCUT2D eigenvalue weighted by Gasteiger charge is -2.29. The van der Waals surface area contributed by atoms with Crippen LogP contribution in [0.2, 0.25) is 5.02 Å². The number of para-hydroxylation sites is 2. The highest BCUT2D eigenvalue weighted by molar-refractivity contribution is 7.98. The number of benzene rings is 3. The number of carbonyl (C=O) groups is 1. The van der Waals surface area contributed by atoms with Crippen molar-refractivity contribution in [2.75, 3.05) is 32.0 Å². The van der Waals surface area contributed by atoms with Crippen LogP contribution in [-0.4, -0.2) is 42.0 Å². The highest BCUT2D eigenvalue weighted by atomic mass is 35.5. The maximum Gasteiger partial charge on any atom is 0.255 e. The van der Waals surface area contributed by atoms with Crippen LogP contribution in [-0.2, 0) is 10.5 Å². The highest BCUT2D eigenvalue weighted by Crippen LogP contribution is 2.42. The number of rotatable bonds is 9. The summed E-state index contributed by atoms with van der Waals surface area (Å²) in [6, 6.07) is 19.7. The third kappa shape index (κ3) is 5.45. The van der Waals surface area contributed by atoms with Crippen LogP contribution in [0.3, 0.4) is 0 Å². The second-order valence-electron chi connectivity index (χ2n) is 8.87. The summed E-state index contributed by atoms with van der Waals surface area (Å²) in [4.78, 5) is 18.7. The highest BCUT2D eigenvalue weighted by Gasteiger charge is 2.36. The van der Waals surface area contributed by atoms with E-state index in [0.717, 1.165) is 5.56 Å². The SMILES string of the molecule is COc1ccc(OC)c(C2C(C(=O)Nc3ccccc3OC)=C(C)Nc3nc(SCc4ccccc4Cl)nn32)c1. The molecule has 2 N–H and O–H groups in total. The second-order valence-corrected chi connectivity index (χ2v) is 10.2. The van der Waals surface area contributed by atoms with Crippen molar-refractivity contribution in [2.45, 2.75) is 23.9 Å². The van der Waals surface area contributed by atoms with E-state index in [4.69, 9.17) is 35.9 Å². The number of anilines is 2. The molecule has 11 heteroatoms. The number of hydrogen-bond acceptors (Lipinski definition) is 8. The van der Waals surface area contributed by atoms with E-state index < -0.39 is 6.04 Å². The largest absolute Gasteiger partial charge is 0.497 e. The predicted octanol–water partition coefficient (Wildman–Crippen LogP) is 6.18. The lowest BCUT2D eigenvalue weighted by Crippen LogP contribution is -2.31. The summed E-state index contributed by atoms with van der Waals surface area (Å²) in [7, 11) is 4.74. The molecule has 1 aromatic heterocycles. The van der Waals surface area contributed by atoms with Gasteiger partial charge in [0.05, 0.1) is 32.6 Å². The Hall–Kier alpha value is -4.15. The molecule has 0 fully saturated rings. The van der Waals surface area contributed by atoms with Crippen molar-refractivity contribution in [1.82, 2.24) is 14.8 Å². The van der Waals surface area contributed by atoms with E-state index in [1.807, 2.05) is 61.5 Å². The Morgan fingerprint density at radius 3 is 2.52 bits per heavy atom. The number of aromatic nitrogens is 3. The van der Waals surface area contributed by atoms with E-state index in [1.165, 1.54) is 11.8 Å². The van der Waals surface area contributed by atoms with Gasteiger partial charge in [0.2, 0.25) is 11.1 Å². The molecule has 4 aromatic rings. The number of allylic oxidation sites excluding steroid dienone is 1. The molecule has 0 saturated heterocycles. The number of amides is 1. The summed E-state index contributed by atoms with van der Waals surface area (Å²) in [6.07, 6.45) is 0. The number of hydrogen-bond donors (Lipinski definition) is 2. The molecule has 0 saturated carbocycles. The van der Waals surface area contributed by atoms with Crippen LogP contribution in [0.4, 0.5) is 11.6 Å². The maximum absolute atomic E-state index is 13.9. The fourth-order valence-corrected chi connectivity index (χ4v) is 5.64. The lowest BCUT2D eigenvalue weighted by atomic mass is 9.94. The van der Waals surface area contributed by atoms with Crippen molar-refractivity contribution in [3.05, 3.63) is 94.1 Å². The van der Waals surface area contributed by atoms with E-state index in [2.05, 4.69) is 10.6 Å². The minimum atomic E-state index is -0.668. The quantitative estimate of drug-likeness (QED) is 0.228. The molecule has 9 nitrogen and oxygen atoms in total. The number of ether oxygens (including phenoxy) is 3. The number of fused-ring (bicyclic) bond motifs is 1. The average Bonchev–Trinajstić information content (AvgIpc) is 3.38. The summed E-state index contributed by atoms with van der Waals surface area (Å²) in [5, 5.41) is 12.3. The lowest BCUT2D eigenvalue weighted by molar-refractivity contribution is -0.113. The minimum Gasteiger partial charge on any atom is -0.497 e. The van der Waals surface area contributed by atoms with Crippen molar-refractivity contribution in [3.8, 4) is 17.2 Å². The zero-order chi connectivity index (χ0) is 28.2. The van der Waals surface area contributed by atoms with Gasteiger partial charge in [0.1, 0.15) is 23.3 Å². The summed E-state index contributed by atoms with van der Waals surface area (Å²) < 4.78 is 18.4. The van der Waals surface area contributed by atoms with Crippen LogP contribution in [0, 0.1) is 0 Å². The fraction of sp³-hybridized carbons (Fsp3) is 0.207. The van der Waals surface area contributed by atoms with E-state index in [1.54, 1.807) is 38.1 Å². The molecule has 1 unspecified atom stereocenters. The van der Waals surface area contributed by atoms with Gasteiger partial charge in [0.15, 0.2) is 0 Å². The molecule has 1 atom stereocenters. The molecule has 2 heterocycles. The van der Waals surface area contributed by atoms with Crippen LogP contribution in [0.15, 0.2) is 83.2 Å². The summed E-state index contributed by atoms with van der Waals surface area (Å²) >= 11 is 7.82. The maximum atomic E-state index is 13.9. The van der Waals surface area contributed by atoms with Gasteiger partial charge in [-0.05, 0) is 48.9 Å². The average molecular weight is 578 g/mol. The summed E-state index contributed by atoms with van der Waals surface area (Å²) in [5.41, 5.74) is 3.29. The van der Waals surface area contributed by atoms with Gasteiger partial charge in [-0.2, -0.15) is 4.98 Å².